The predicted molar refractivity (Wildman–Crippen MR) is 98.4 cm³/mol. The molecule has 0 aliphatic carbocycles. The van der Waals surface area contributed by atoms with Crippen molar-refractivity contribution in [2.45, 2.75) is 37.6 Å². The van der Waals surface area contributed by atoms with Crippen LogP contribution in [0.5, 0.6) is 5.75 Å². The van der Waals surface area contributed by atoms with Crippen LogP contribution < -0.4 is 9.46 Å². The van der Waals surface area contributed by atoms with Crippen molar-refractivity contribution in [3.63, 3.8) is 0 Å². The van der Waals surface area contributed by atoms with Gasteiger partial charge in [-0.3, -0.25) is 9.88 Å². The molecule has 0 saturated carbocycles. The van der Waals surface area contributed by atoms with Crippen molar-refractivity contribution in [2.75, 3.05) is 26.2 Å². The van der Waals surface area contributed by atoms with Crippen molar-refractivity contribution in [1.29, 1.82) is 0 Å². The Morgan fingerprint density at radius 2 is 2.16 bits per heavy atom. The van der Waals surface area contributed by atoms with Gasteiger partial charge in [-0.05, 0) is 57.1 Å². The zero-order valence-electron chi connectivity index (χ0n) is 14.7. The van der Waals surface area contributed by atoms with E-state index < -0.39 is 10.0 Å². The zero-order valence-corrected chi connectivity index (χ0v) is 15.6. The van der Waals surface area contributed by atoms with Gasteiger partial charge in [-0.1, -0.05) is 6.92 Å². The van der Waals surface area contributed by atoms with E-state index in [2.05, 4.69) is 21.5 Å². The molecule has 0 amide bonds. The third-order valence-electron chi connectivity index (χ3n) is 4.70. The monoisotopic (exact) mass is 363 g/mol. The number of ether oxygens (including phenoxy) is 1. The van der Waals surface area contributed by atoms with Crippen LogP contribution in [0.1, 0.15) is 26.7 Å². The standard InChI is InChI=1S/C18H25N3O3S/c1-3-21-12-6-7-14(21)13-20-25(22,23)17-10-9-16(24-4-2)18-15(17)8-5-11-19-18/h5,8-11,14,20H,3-4,6-7,12-13H2,1-2H3. The molecule has 1 atom stereocenters. The number of nitrogens with one attached hydrogen (secondary N) is 1. The van der Waals surface area contributed by atoms with E-state index in [4.69, 9.17) is 4.74 Å². The van der Waals surface area contributed by atoms with Gasteiger partial charge >= 0.3 is 0 Å². The molecule has 1 aliphatic heterocycles. The van der Waals surface area contributed by atoms with Crippen molar-refractivity contribution in [3.8, 4) is 5.75 Å². The highest BCUT2D eigenvalue weighted by Crippen LogP contribution is 2.29. The highest BCUT2D eigenvalue weighted by Gasteiger charge is 2.26. The Morgan fingerprint density at radius 1 is 1.32 bits per heavy atom. The van der Waals surface area contributed by atoms with Gasteiger partial charge in [0.15, 0.2) is 0 Å². The van der Waals surface area contributed by atoms with Gasteiger partial charge in [0.2, 0.25) is 10.0 Å². The number of aromatic nitrogens is 1. The Bertz CT molecular complexity index is 839. The van der Waals surface area contributed by atoms with Crippen LogP contribution >= 0.6 is 0 Å². The molecule has 6 nitrogen and oxygen atoms in total. The molecule has 1 N–H and O–H groups in total. The van der Waals surface area contributed by atoms with Gasteiger partial charge in [-0.2, -0.15) is 0 Å². The number of fused-ring (bicyclic) bond motifs is 1. The summed E-state index contributed by atoms with van der Waals surface area (Å²) in [5.41, 5.74) is 0.572. The van der Waals surface area contributed by atoms with E-state index in [-0.39, 0.29) is 10.9 Å². The van der Waals surface area contributed by atoms with Gasteiger partial charge in [0.05, 0.1) is 11.5 Å². The largest absolute Gasteiger partial charge is 0.492 e. The lowest BCUT2D eigenvalue weighted by Crippen LogP contribution is -2.40. The first-order valence-corrected chi connectivity index (χ1v) is 10.3. The summed E-state index contributed by atoms with van der Waals surface area (Å²) in [6.07, 6.45) is 3.80. The van der Waals surface area contributed by atoms with E-state index in [1.807, 2.05) is 6.92 Å². The summed E-state index contributed by atoms with van der Waals surface area (Å²) in [6.45, 7) is 6.93. The minimum absolute atomic E-state index is 0.250. The second kappa shape index (κ2) is 7.68. The summed E-state index contributed by atoms with van der Waals surface area (Å²) in [4.78, 5) is 6.88. The van der Waals surface area contributed by atoms with E-state index in [0.29, 0.717) is 29.8 Å². The first-order chi connectivity index (χ1) is 12.1. The fraction of sp³-hybridized carbons (Fsp3) is 0.500. The maximum Gasteiger partial charge on any atom is 0.241 e. The predicted octanol–water partition coefficient (Wildman–Crippen LogP) is 2.40. The highest BCUT2D eigenvalue weighted by molar-refractivity contribution is 7.89. The first kappa shape index (κ1) is 18.1. The second-order valence-electron chi connectivity index (χ2n) is 6.17. The van der Waals surface area contributed by atoms with Crippen molar-refractivity contribution >= 4 is 20.9 Å². The minimum Gasteiger partial charge on any atom is -0.492 e. The molecule has 2 heterocycles. The lowest BCUT2D eigenvalue weighted by Gasteiger charge is -2.23. The summed E-state index contributed by atoms with van der Waals surface area (Å²) in [5, 5.41) is 0.583. The summed E-state index contributed by atoms with van der Waals surface area (Å²) in [6, 6.07) is 7.07. The number of likely N-dealkylation sites (N-methyl/N-ethyl adjacent to an activating group) is 1. The van der Waals surface area contributed by atoms with Gasteiger partial charge in [0, 0.05) is 24.2 Å². The van der Waals surface area contributed by atoms with E-state index in [1.165, 1.54) is 0 Å². The third-order valence-corrected chi connectivity index (χ3v) is 6.18. The normalized spacial score (nSPS) is 18.7. The summed E-state index contributed by atoms with van der Waals surface area (Å²) < 4.78 is 34.1. The van der Waals surface area contributed by atoms with E-state index >= 15 is 0 Å². The number of sulfonamides is 1. The van der Waals surface area contributed by atoms with Gasteiger partial charge in [0.25, 0.3) is 0 Å². The molecule has 25 heavy (non-hydrogen) atoms. The number of hydrogen-bond acceptors (Lipinski definition) is 5. The number of likely N-dealkylation sites (tertiary alicyclic amines) is 1. The van der Waals surface area contributed by atoms with Crippen molar-refractivity contribution < 1.29 is 13.2 Å². The average molecular weight is 363 g/mol. The molecule has 7 heteroatoms. The van der Waals surface area contributed by atoms with Gasteiger partial charge in [0.1, 0.15) is 11.3 Å². The van der Waals surface area contributed by atoms with Gasteiger partial charge in [-0.25, -0.2) is 13.1 Å². The van der Waals surface area contributed by atoms with Crippen LogP contribution in [0.15, 0.2) is 35.4 Å². The maximum absolute atomic E-state index is 12.9. The molecule has 1 saturated heterocycles. The van der Waals surface area contributed by atoms with Crippen molar-refractivity contribution in [1.82, 2.24) is 14.6 Å². The Labute approximate surface area is 149 Å². The molecule has 1 unspecified atom stereocenters. The molecule has 3 rings (SSSR count). The Hall–Kier alpha value is -1.70. The van der Waals surface area contributed by atoms with Gasteiger partial charge < -0.3 is 4.74 Å². The lowest BCUT2D eigenvalue weighted by atomic mass is 10.2. The molecule has 1 aliphatic rings. The summed E-state index contributed by atoms with van der Waals surface area (Å²) in [7, 11) is -3.61. The average Bonchev–Trinajstić information content (AvgIpc) is 3.08. The highest BCUT2D eigenvalue weighted by atomic mass is 32.2. The molecule has 1 aromatic heterocycles. The molecule has 0 radical (unpaired) electrons. The topological polar surface area (TPSA) is 71.5 Å². The fourth-order valence-electron chi connectivity index (χ4n) is 3.45. The molecule has 2 aromatic rings. The van der Waals surface area contributed by atoms with E-state index in [1.54, 1.807) is 30.5 Å². The molecule has 1 aromatic carbocycles. The fourth-order valence-corrected chi connectivity index (χ4v) is 4.72. The van der Waals surface area contributed by atoms with Crippen LogP contribution in [0.2, 0.25) is 0 Å². The van der Waals surface area contributed by atoms with E-state index in [0.717, 1.165) is 25.9 Å². The van der Waals surface area contributed by atoms with Crippen LogP contribution in [0, 0.1) is 0 Å². The maximum atomic E-state index is 12.9. The molecule has 0 spiro atoms. The number of hydrogen-bond donors (Lipinski definition) is 1. The van der Waals surface area contributed by atoms with Crippen LogP contribution in [0.25, 0.3) is 10.9 Å². The zero-order chi connectivity index (χ0) is 17.9. The summed E-state index contributed by atoms with van der Waals surface area (Å²) in [5.74, 6) is 0.602. The van der Waals surface area contributed by atoms with Crippen LogP contribution in [-0.4, -0.2) is 50.6 Å². The third kappa shape index (κ3) is 3.78. The van der Waals surface area contributed by atoms with Gasteiger partial charge in [-0.15, -0.1) is 0 Å². The van der Waals surface area contributed by atoms with Crippen LogP contribution in [0.4, 0.5) is 0 Å². The quantitative estimate of drug-likeness (QED) is 0.818. The summed E-state index contributed by atoms with van der Waals surface area (Å²) >= 11 is 0. The Morgan fingerprint density at radius 3 is 2.92 bits per heavy atom. The molecule has 0 bridgehead atoms. The Kier molecular flexibility index (Phi) is 5.56. The number of nitrogens with zero attached hydrogens (tertiary/aromatic N) is 2. The number of pyridine rings is 1. The lowest BCUT2D eigenvalue weighted by molar-refractivity contribution is 0.268. The number of benzene rings is 1. The molecular formula is C18H25N3O3S. The minimum atomic E-state index is -3.61. The van der Waals surface area contributed by atoms with Crippen molar-refractivity contribution in [2.24, 2.45) is 0 Å². The van der Waals surface area contributed by atoms with Crippen LogP contribution in [0.3, 0.4) is 0 Å². The second-order valence-corrected chi connectivity index (χ2v) is 7.91. The van der Waals surface area contributed by atoms with E-state index in [9.17, 15) is 8.42 Å². The SMILES string of the molecule is CCOc1ccc(S(=O)(=O)NCC2CCCN2CC)c2cccnc12. The smallest absolute Gasteiger partial charge is 0.241 e. The van der Waals surface area contributed by atoms with Crippen molar-refractivity contribution in [3.05, 3.63) is 30.5 Å². The molecular weight excluding hydrogens is 338 g/mol. The first-order valence-electron chi connectivity index (χ1n) is 8.81. The van der Waals surface area contributed by atoms with Crippen LogP contribution in [-0.2, 0) is 10.0 Å². The molecule has 1 fully saturated rings. The number of rotatable bonds is 7. The molecule has 136 valence electrons. The Balaban J connectivity index is 1.88.